The molecule has 0 radical (unpaired) electrons. The summed E-state index contributed by atoms with van der Waals surface area (Å²) < 4.78 is 5.37. The maximum absolute atomic E-state index is 11.1. The average molecular weight is 488 g/mol. The molecular weight excluding hydrogens is 463 g/mol. The van der Waals surface area contributed by atoms with Crippen LogP contribution in [0.15, 0.2) is 50.7 Å². The van der Waals surface area contributed by atoms with Gasteiger partial charge in [-0.1, -0.05) is 12.1 Å². The van der Waals surface area contributed by atoms with Crippen LogP contribution in [0.5, 0.6) is 0 Å². The molecule has 26 heavy (non-hydrogen) atoms. The summed E-state index contributed by atoms with van der Waals surface area (Å²) >= 11 is 1.73. The van der Waals surface area contributed by atoms with Gasteiger partial charge in [-0.2, -0.15) is 0 Å². The first kappa shape index (κ1) is 22.4. The van der Waals surface area contributed by atoms with E-state index in [9.17, 15) is 4.79 Å². The molecule has 8 heteroatoms. The maximum Gasteiger partial charge on any atom is 0.284 e. The van der Waals surface area contributed by atoms with E-state index < -0.39 is 5.91 Å². The number of aliphatic imine (C=N–C) groups is 1. The normalized spacial score (nSPS) is 11.0. The molecule has 2 aromatic rings. The molecule has 0 saturated heterocycles. The predicted octanol–water partition coefficient (Wildman–Crippen LogP) is 3.32. The third-order valence-electron chi connectivity index (χ3n) is 3.56. The number of carbonyl (C=O) groups excluding carboxylic acids is 1. The lowest BCUT2D eigenvalue weighted by molar-refractivity contribution is 0.0972. The van der Waals surface area contributed by atoms with Gasteiger partial charge in [0.2, 0.25) is 0 Å². The molecule has 142 valence electrons. The van der Waals surface area contributed by atoms with E-state index in [-0.39, 0.29) is 29.7 Å². The zero-order valence-corrected chi connectivity index (χ0v) is 18.3. The van der Waals surface area contributed by atoms with Crippen molar-refractivity contribution in [2.75, 3.05) is 19.8 Å². The highest BCUT2D eigenvalue weighted by molar-refractivity contribution is 14.0. The maximum atomic E-state index is 11.1. The Hall–Kier alpha value is -1.68. The van der Waals surface area contributed by atoms with Gasteiger partial charge in [-0.25, -0.2) is 4.99 Å². The molecule has 0 spiro atoms. The van der Waals surface area contributed by atoms with E-state index in [0.717, 1.165) is 19.0 Å². The summed E-state index contributed by atoms with van der Waals surface area (Å²) in [4.78, 5) is 18.9. The fourth-order valence-electron chi connectivity index (χ4n) is 2.30. The van der Waals surface area contributed by atoms with Gasteiger partial charge < -0.3 is 20.4 Å². The minimum atomic E-state index is -0.576. The van der Waals surface area contributed by atoms with Crippen LogP contribution in [-0.2, 0) is 13.1 Å². The molecule has 1 aromatic carbocycles. The number of nitrogens with zero attached hydrogens (tertiary/aromatic N) is 2. The van der Waals surface area contributed by atoms with Gasteiger partial charge in [-0.3, -0.25) is 4.79 Å². The lowest BCUT2D eigenvalue weighted by atomic mass is 10.2. The van der Waals surface area contributed by atoms with Crippen molar-refractivity contribution in [1.29, 1.82) is 0 Å². The number of primary amides is 1. The molecule has 0 unspecified atom stereocenters. The van der Waals surface area contributed by atoms with Crippen LogP contribution in [0.3, 0.4) is 0 Å². The van der Waals surface area contributed by atoms with E-state index in [1.54, 1.807) is 23.9 Å². The number of rotatable bonds is 7. The molecule has 0 fully saturated rings. The molecule has 0 bridgehead atoms. The first-order valence-corrected chi connectivity index (χ1v) is 9.26. The summed E-state index contributed by atoms with van der Waals surface area (Å²) in [5, 5.41) is 3.26. The molecule has 2 rings (SSSR count). The molecule has 0 aliphatic carbocycles. The summed E-state index contributed by atoms with van der Waals surface area (Å²) in [6.45, 7) is 3.87. The van der Waals surface area contributed by atoms with Crippen molar-refractivity contribution in [3.05, 3.63) is 53.5 Å². The number of halogens is 1. The Morgan fingerprint density at radius 1 is 1.27 bits per heavy atom. The van der Waals surface area contributed by atoms with E-state index in [2.05, 4.69) is 45.7 Å². The second-order valence-electron chi connectivity index (χ2n) is 5.50. The smallest absolute Gasteiger partial charge is 0.284 e. The molecule has 1 heterocycles. The van der Waals surface area contributed by atoms with Crippen LogP contribution in [0, 0.1) is 0 Å². The molecule has 1 amide bonds. The summed E-state index contributed by atoms with van der Waals surface area (Å²) in [7, 11) is 1.99. The highest BCUT2D eigenvalue weighted by Crippen LogP contribution is 2.15. The van der Waals surface area contributed by atoms with E-state index in [0.29, 0.717) is 12.3 Å². The standard InChI is InChI=1S/C18H24N4O2S.HI/c1-4-20-18(21-11-14-7-10-16(24-14)17(19)23)22(2)12-13-5-8-15(25-3)9-6-13;/h5-10H,4,11-12H2,1-3H3,(H2,19,23)(H,20,21);1H. The lowest BCUT2D eigenvalue weighted by Crippen LogP contribution is -2.38. The number of hydrogen-bond donors (Lipinski definition) is 2. The van der Waals surface area contributed by atoms with Crippen LogP contribution >= 0.6 is 35.7 Å². The van der Waals surface area contributed by atoms with Crippen molar-refractivity contribution in [1.82, 2.24) is 10.2 Å². The number of nitrogens with two attached hydrogens (primary N) is 1. The number of nitrogens with one attached hydrogen (secondary N) is 1. The highest BCUT2D eigenvalue weighted by atomic mass is 127. The molecule has 6 nitrogen and oxygen atoms in total. The first-order valence-electron chi connectivity index (χ1n) is 8.04. The van der Waals surface area contributed by atoms with Gasteiger partial charge in [0.1, 0.15) is 12.3 Å². The van der Waals surface area contributed by atoms with Crippen LogP contribution in [0.2, 0.25) is 0 Å². The van der Waals surface area contributed by atoms with Gasteiger partial charge in [0.25, 0.3) is 5.91 Å². The van der Waals surface area contributed by atoms with Crippen LogP contribution < -0.4 is 11.1 Å². The Balaban J connectivity index is 0.00000338. The summed E-state index contributed by atoms with van der Waals surface area (Å²) in [5.41, 5.74) is 6.40. The van der Waals surface area contributed by atoms with Gasteiger partial charge >= 0.3 is 0 Å². The summed E-state index contributed by atoms with van der Waals surface area (Å²) in [5.74, 6) is 0.945. The molecule has 3 N–H and O–H groups in total. The SMILES string of the molecule is CCNC(=NCc1ccc(C(N)=O)o1)N(C)Cc1ccc(SC)cc1.I. The van der Waals surface area contributed by atoms with Gasteiger partial charge in [-0.15, -0.1) is 35.7 Å². The number of carbonyl (C=O) groups is 1. The number of thioether (sulfide) groups is 1. The zero-order chi connectivity index (χ0) is 18.2. The molecule has 0 saturated carbocycles. The van der Waals surface area contributed by atoms with E-state index >= 15 is 0 Å². The molecule has 0 atom stereocenters. The fraction of sp³-hybridized carbons (Fsp3) is 0.333. The molecule has 0 aliphatic rings. The van der Waals surface area contributed by atoms with E-state index in [1.165, 1.54) is 10.5 Å². The second-order valence-corrected chi connectivity index (χ2v) is 6.38. The monoisotopic (exact) mass is 488 g/mol. The first-order chi connectivity index (χ1) is 12.0. The van der Waals surface area contributed by atoms with Gasteiger partial charge in [0, 0.05) is 25.0 Å². The topological polar surface area (TPSA) is 83.9 Å². The van der Waals surface area contributed by atoms with Gasteiger partial charge in [0.05, 0.1) is 0 Å². The molecular formula is C18H25IN4O2S. The third-order valence-corrected chi connectivity index (χ3v) is 4.31. The molecule has 1 aromatic heterocycles. The second kappa shape index (κ2) is 11.1. The quantitative estimate of drug-likeness (QED) is 0.271. The van der Waals surface area contributed by atoms with Crippen molar-refractivity contribution in [2.45, 2.75) is 24.9 Å². The van der Waals surface area contributed by atoms with Gasteiger partial charge in [-0.05, 0) is 43.0 Å². The summed E-state index contributed by atoms with van der Waals surface area (Å²) in [6, 6.07) is 11.8. The number of hydrogen-bond acceptors (Lipinski definition) is 4. The van der Waals surface area contributed by atoms with Crippen LogP contribution in [0.4, 0.5) is 0 Å². The van der Waals surface area contributed by atoms with Crippen molar-refractivity contribution >= 4 is 47.6 Å². The summed E-state index contributed by atoms with van der Waals surface area (Å²) in [6.07, 6.45) is 2.06. The van der Waals surface area contributed by atoms with E-state index in [4.69, 9.17) is 10.2 Å². The third kappa shape index (κ3) is 6.56. The Morgan fingerprint density at radius 2 is 1.96 bits per heavy atom. The zero-order valence-electron chi connectivity index (χ0n) is 15.2. The number of furan rings is 1. The fourth-order valence-corrected chi connectivity index (χ4v) is 2.71. The Kier molecular flexibility index (Phi) is 9.57. The van der Waals surface area contributed by atoms with Crippen LogP contribution in [-0.4, -0.2) is 36.6 Å². The van der Waals surface area contributed by atoms with Crippen molar-refractivity contribution in [3.63, 3.8) is 0 Å². The largest absolute Gasteiger partial charge is 0.454 e. The Labute approximate surface area is 175 Å². The van der Waals surface area contributed by atoms with E-state index in [1.807, 2.05) is 14.0 Å². The highest BCUT2D eigenvalue weighted by Gasteiger charge is 2.09. The van der Waals surface area contributed by atoms with Crippen molar-refractivity contribution < 1.29 is 9.21 Å². The lowest BCUT2D eigenvalue weighted by Gasteiger charge is -2.22. The Bertz CT molecular complexity index is 731. The number of guanidine groups is 1. The Morgan fingerprint density at radius 3 is 2.50 bits per heavy atom. The number of amides is 1. The average Bonchev–Trinajstić information content (AvgIpc) is 3.08. The minimum Gasteiger partial charge on any atom is -0.454 e. The number of benzene rings is 1. The van der Waals surface area contributed by atoms with Crippen LogP contribution in [0.25, 0.3) is 0 Å². The van der Waals surface area contributed by atoms with Crippen molar-refractivity contribution in [3.8, 4) is 0 Å². The van der Waals surface area contributed by atoms with Gasteiger partial charge in [0.15, 0.2) is 11.7 Å². The minimum absolute atomic E-state index is 0. The van der Waals surface area contributed by atoms with Crippen molar-refractivity contribution in [2.24, 2.45) is 10.7 Å². The molecule has 0 aliphatic heterocycles. The van der Waals surface area contributed by atoms with Crippen LogP contribution in [0.1, 0.15) is 28.8 Å². The predicted molar refractivity (Wildman–Crippen MR) is 117 cm³/mol.